The van der Waals surface area contributed by atoms with Gasteiger partial charge < -0.3 is 20.7 Å². The van der Waals surface area contributed by atoms with Crippen molar-refractivity contribution in [1.29, 1.82) is 0 Å². The highest BCUT2D eigenvalue weighted by atomic mass is 32.1. The van der Waals surface area contributed by atoms with E-state index >= 15 is 0 Å². The highest BCUT2D eigenvalue weighted by molar-refractivity contribution is 7.19. The number of ether oxygens (including phenoxy) is 1. The number of thiazole rings is 1. The number of nitrogens with zero attached hydrogens (tertiary/aromatic N) is 2. The largest absolute Gasteiger partial charge is 0.384 e. The van der Waals surface area contributed by atoms with Gasteiger partial charge in [-0.2, -0.15) is 0 Å². The lowest BCUT2D eigenvalue weighted by Gasteiger charge is -2.23. The van der Waals surface area contributed by atoms with Gasteiger partial charge in [0.05, 0.1) is 10.2 Å². The van der Waals surface area contributed by atoms with E-state index in [-0.39, 0.29) is 6.54 Å². The number of para-hydroxylation sites is 1. The number of nitrogens with one attached hydrogen (secondary N) is 3. The van der Waals surface area contributed by atoms with E-state index in [9.17, 15) is 4.39 Å². The van der Waals surface area contributed by atoms with Gasteiger partial charge in [0, 0.05) is 38.9 Å². The second kappa shape index (κ2) is 11.3. The minimum Gasteiger partial charge on any atom is -0.384 e. The molecule has 30 heavy (non-hydrogen) atoms. The maximum absolute atomic E-state index is 12.7. The van der Waals surface area contributed by atoms with Crippen molar-refractivity contribution in [2.75, 3.05) is 34.0 Å². The lowest BCUT2D eigenvalue weighted by atomic mass is 10.1. The van der Waals surface area contributed by atoms with Crippen LogP contribution in [0.1, 0.15) is 37.6 Å². The van der Waals surface area contributed by atoms with Crippen molar-refractivity contribution in [2.45, 2.75) is 38.6 Å². The quantitative estimate of drug-likeness (QED) is 0.413. The van der Waals surface area contributed by atoms with E-state index in [1.807, 2.05) is 18.2 Å². The Morgan fingerprint density at radius 2 is 2.17 bits per heavy atom. The van der Waals surface area contributed by atoms with E-state index in [0.717, 1.165) is 54.2 Å². The zero-order valence-electron chi connectivity index (χ0n) is 18.0. The zero-order valence-corrected chi connectivity index (χ0v) is 18.8. The number of aromatic nitrogens is 1. The fraction of sp³-hybridized carbons (Fsp3) is 0.545. The number of methoxy groups -OCH3 is 1. The highest BCUT2D eigenvalue weighted by Gasteiger charge is 2.26. The first-order valence-electron chi connectivity index (χ1n) is 10.6. The highest BCUT2D eigenvalue weighted by Crippen LogP contribution is 2.31. The van der Waals surface area contributed by atoms with Gasteiger partial charge in [0.1, 0.15) is 17.5 Å². The monoisotopic (exact) mass is 433 g/mol. The lowest BCUT2D eigenvalue weighted by molar-refractivity contribution is 0.154. The van der Waals surface area contributed by atoms with Crippen LogP contribution in [0.2, 0.25) is 0 Å². The van der Waals surface area contributed by atoms with E-state index in [1.165, 1.54) is 4.70 Å². The normalized spacial score (nSPS) is 20.3. The van der Waals surface area contributed by atoms with Gasteiger partial charge in [-0.15, -0.1) is 11.3 Å². The molecule has 1 heterocycles. The Kier molecular flexibility index (Phi) is 8.45. The lowest BCUT2D eigenvalue weighted by Crippen LogP contribution is -2.44. The molecule has 1 aromatic heterocycles. The molecule has 8 heteroatoms. The van der Waals surface area contributed by atoms with Crippen molar-refractivity contribution >= 4 is 33.1 Å². The molecule has 3 rings (SSSR count). The van der Waals surface area contributed by atoms with Crippen molar-refractivity contribution in [3.63, 3.8) is 0 Å². The average molecular weight is 434 g/mol. The van der Waals surface area contributed by atoms with Gasteiger partial charge in [-0.05, 0) is 43.7 Å². The smallest absolute Gasteiger partial charge is 0.196 e. The van der Waals surface area contributed by atoms with Gasteiger partial charge in [-0.3, -0.25) is 4.99 Å². The van der Waals surface area contributed by atoms with E-state index < -0.39 is 6.67 Å². The molecule has 3 N–H and O–H groups in total. The predicted octanol–water partition coefficient (Wildman–Crippen LogP) is 3.91. The fourth-order valence-electron chi connectivity index (χ4n) is 3.90. The Bertz CT molecular complexity index is 848. The third-order valence-corrected chi connectivity index (χ3v) is 6.45. The molecule has 164 valence electrons. The predicted molar refractivity (Wildman–Crippen MR) is 123 cm³/mol. The molecule has 0 spiro atoms. The standard InChI is InChI=1S/C22H32FN5OS/c1-4-17(21-27-18-7-5-6-8-19(18)30-21)20(28-22(24-2)25-12-11-23)26-16-10-9-15(13-16)14-29-3/h5-8,15-16,26H,4,9-14H2,1-3H3,(H2,24,25,28)/b20-17+. The minimum absolute atomic E-state index is 0.217. The molecule has 1 fully saturated rings. The molecule has 0 radical (unpaired) electrons. The third-order valence-electron chi connectivity index (χ3n) is 5.35. The van der Waals surface area contributed by atoms with Crippen molar-refractivity contribution < 1.29 is 9.13 Å². The second-order valence-corrected chi connectivity index (χ2v) is 8.51. The van der Waals surface area contributed by atoms with Crippen LogP contribution >= 0.6 is 11.3 Å². The van der Waals surface area contributed by atoms with Gasteiger partial charge in [0.25, 0.3) is 0 Å². The number of alkyl halides is 1. The Hall–Kier alpha value is -2.19. The van der Waals surface area contributed by atoms with Crippen LogP contribution in [-0.4, -0.2) is 51.0 Å². The minimum atomic E-state index is -0.451. The Morgan fingerprint density at radius 1 is 1.33 bits per heavy atom. The summed E-state index contributed by atoms with van der Waals surface area (Å²) in [6, 6.07) is 8.53. The molecular weight excluding hydrogens is 401 g/mol. The van der Waals surface area contributed by atoms with Gasteiger partial charge in [-0.25, -0.2) is 9.37 Å². The van der Waals surface area contributed by atoms with Gasteiger partial charge in [0.15, 0.2) is 5.96 Å². The summed E-state index contributed by atoms with van der Waals surface area (Å²) in [5.74, 6) is 2.02. The van der Waals surface area contributed by atoms with Crippen LogP contribution in [0.4, 0.5) is 4.39 Å². The Labute approximate surface area is 182 Å². The molecular formula is C22H32FN5OS. The molecule has 0 aliphatic heterocycles. The first-order chi connectivity index (χ1) is 14.7. The van der Waals surface area contributed by atoms with E-state index in [4.69, 9.17) is 9.72 Å². The third kappa shape index (κ3) is 5.70. The fourth-order valence-corrected chi connectivity index (χ4v) is 4.98. The maximum atomic E-state index is 12.7. The van der Waals surface area contributed by atoms with Gasteiger partial charge >= 0.3 is 0 Å². The van der Waals surface area contributed by atoms with Crippen molar-refractivity contribution in [1.82, 2.24) is 20.9 Å². The number of hydrogen-bond donors (Lipinski definition) is 3. The summed E-state index contributed by atoms with van der Waals surface area (Å²) in [6.07, 6.45) is 4.11. The summed E-state index contributed by atoms with van der Waals surface area (Å²) < 4.78 is 19.2. The molecule has 1 aliphatic carbocycles. The number of halogens is 1. The number of fused-ring (bicyclic) bond motifs is 1. The summed E-state index contributed by atoms with van der Waals surface area (Å²) in [6.45, 7) is 2.69. The SMILES string of the molecule is CC/C(=C(\NC(=NC)NCCF)NC1CCC(COC)C1)c1nc2ccccc2s1. The van der Waals surface area contributed by atoms with Crippen LogP contribution in [-0.2, 0) is 4.74 Å². The first kappa shape index (κ1) is 22.5. The molecule has 1 aromatic carbocycles. The number of hydrogen-bond acceptors (Lipinski definition) is 5. The Morgan fingerprint density at radius 3 is 2.87 bits per heavy atom. The van der Waals surface area contributed by atoms with Gasteiger partial charge in [0.2, 0.25) is 0 Å². The topological polar surface area (TPSA) is 70.6 Å². The molecule has 0 amide bonds. The summed E-state index contributed by atoms with van der Waals surface area (Å²) in [7, 11) is 3.45. The summed E-state index contributed by atoms with van der Waals surface area (Å²) in [5.41, 5.74) is 2.11. The first-order valence-corrected chi connectivity index (χ1v) is 11.4. The number of guanidine groups is 1. The van der Waals surface area contributed by atoms with Crippen LogP contribution < -0.4 is 16.0 Å². The van der Waals surface area contributed by atoms with Crippen LogP contribution in [0.3, 0.4) is 0 Å². The molecule has 1 aliphatic rings. The number of allylic oxidation sites excluding steroid dienone is 1. The number of rotatable bonds is 9. The van der Waals surface area contributed by atoms with Crippen molar-refractivity contribution in [2.24, 2.45) is 10.9 Å². The van der Waals surface area contributed by atoms with E-state index in [1.54, 1.807) is 25.5 Å². The van der Waals surface area contributed by atoms with Crippen LogP contribution in [0.25, 0.3) is 15.8 Å². The molecule has 6 nitrogen and oxygen atoms in total. The molecule has 0 bridgehead atoms. The van der Waals surface area contributed by atoms with Crippen LogP contribution in [0.15, 0.2) is 35.1 Å². The Balaban J connectivity index is 1.90. The zero-order chi connectivity index (χ0) is 21.3. The number of aliphatic imine (C=N–C) groups is 1. The second-order valence-electron chi connectivity index (χ2n) is 7.48. The van der Waals surface area contributed by atoms with Crippen LogP contribution in [0.5, 0.6) is 0 Å². The summed E-state index contributed by atoms with van der Waals surface area (Å²) >= 11 is 1.69. The van der Waals surface area contributed by atoms with E-state index in [2.05, 4.69) is 33.9 Å². The molecule has 0 saturated heterocycles. The van der Waals surface area contributed by atoms with Crippen molar-refractivity contribution in [3.05, 3.63) is 35.1 Å². The number of benzene rings is 1. The molecule has 2 atom stereocenters. The maximum Gasteiger partial charge on any atom is 0.196 e. The summed E-state index contributed by atoms with van der Waals surface area (Å²) in [5, 5.41) is 11.1. The average Bonchev–Trinajstić information content (AvgIpc) is 3.38. The molecule has 1 saturated carbocycles. The molecule has 2 aromatic rings. The van der Waals surface area contributed by atoms with Crippen molar-refractivity contribution in [3.8, 4) is 0 Å². The van der Waals surface area contributed by atoms with E-state index in [0.29, 0.717) is 17.9 Å². The molecule has 2 unspecified atom stereocenters. The van der Waals surface area contributed by atoms with Gasteiger partial charge in [-0.1, -0.05) is 19.1 Å². The summed E-state index contributed by atoms with van der Waals surface area (Å²) in [4.78, 5) is 9.11. The van der Waals surface area contributed by atoms with Crippen LogP contribution in [0, 0.1) is 5.92 Å².